The maximum atomic E-state index is 13.3. The maximum absolute atomic E-state index is 13.3. The molecule has 2 aliphatic rings. The number of piperidine rings is 1. The summed E-state index contributed by atoms with van der Waals surface area (Å²) in [5.41, 5.74) is 4.51. The lowest BCUT2D eigenvalue weighted by Crippen LogP contribution is -2.55. The molecule has 0 spiro atoms. The van der Waals surface area contributed by atoms with E-state index in [9.17, 15) is 19.5 Å². The van der Waals surface area contributed by atoms with Crippen LogP contribution in [0.3, 0.4) is 0 Å². The first-order valence-corrected chi connectivity index (χ1v) is 12.2. The monoisotopic (exact) mass is 476 g/mol. The van der Waals surface area contributed by atoms with Crippen LogP contribution < -0.4 is 5.32 Å². The lowest BCUT2D eigenvalue weighted by molar-refractivity contribution is -0.148. The van der Waals surface area contributed by atoms with Gasteiger partial charge in [-0.25, -0.2) is 4.79 Å². The second-order valence-corrected chi connectivity index (χ2v) is 9.34. The minimum absolute atomic E-state index is 0.0751. The third-order valence-electron chi connectivity index (χ3n) is 7.11. The lowest BCUT2D eigenvalue weighted by Gasteiger charge is -2.38. The van der Waals surface area contributed by atoms with E-state index >= 15 is 0 Å². The normalized spacial score (nSPS) is 19.9. The van der Waals surface area contributed by atoms with Gasteiger partial charge in [0, 0.05) is 18.5 Å². The van der Waals surface area contributed by atoms with E-state index in [-0.39, 0.29) is 31.0 Å². The average molecular weight is 477 g/mol. The van der Waals surface area contributed by atoms with Gasteiger partial charge in [0.25, 0.3) is 0 Å². The molecule has 184 valence electrons. The predicted molar refractivity (Wildman–Crippen MR) is 133 cm³/mol. The quantitative estimate of drug-likeness (QED) is 0.544. The summed E-state index contributed by atoms with van der Waals surface area (Å²) in [6, 6.07) is 15.3. The first-order chi connectivity index (χ1) is 16.9. The molecule has 0 radical (unpaired) electrons. The molecule has 2 aromatic carbocycles. The van der Waals surface area contributed by atoms with Crippen molar-refractivity contribution in [2.24, 2.45) is 5.92 Å². The number of rotatable bonds is 8. The molecule has 2 aromatic rings. The second kappa shape index (κ2) is 10.8. The number of allylic oxidation sites excluding steroid dienone is 1. The molecule has 1 saturated heterocycles. The Hall–Kier alpha value is -3.61. The van der Waals surface area contributed by atoms with Gasteiger partial charge in [-0.2, -0.15) is 0 Å². The molecular formula is C28H32N2O5. The molecule has 2 N–H and O–H groups in total. The van der Waals surface area contributed by atoms with Crippen LogP contribution in [0.4, 0.5) is 4.79 Å². The zero-order valence-electron chi connectivity index (χ0n) is 20.0. The molecule has 7 nitrogen and oxygen atoms in total. The fourth-order valence-corrected chi connectivity index (χ4v) is 5.14. The van der Waals surface area contributed by atoms with Crippen molar-refractivity contribution in [3.63, 3.8) is 0 Å². The zero-order chi connectivity index (χ0) is 24.9. The van der Waals surface area contributed by atoms with Crippen molar-refractivity contribution >= 4 is 18.0 Å². The van der Waals surface area contributed by atoms with E-state index in [1.54, 1.807) is 11.0 Å². The summed E-state index contributed by atoms with van der Waals surface area (Å²) in [6.07, 6.45) is 3.09. The third kappa shape index (κ3) is 5.24. The van der Waals surface area contributed by atoms with Gasteiger partial charge in [-0.1, -0.05) is 54.6 Å². The Morgan fingerprint density at radius 3 is 2.34 bits per heavy atom. The van der Waals surface area contributed by atoms with Crippen molar-refractivity contribution in [2.75, 3.05) is 13.2 Å². The molecule has 1 fully saturated rings. The van der Waals surface area contributed by atoms with Crippen LogP contribution in [0.15, 0.2) is 61.2 Å². The first kappa shape index (κ1) is 24.5. The Morgan fingerprint density at radius 1 is 1.11 bits per heavy atom. The van der Waals surface area contributed by atoms with Gasteiger partial charge < -0.3 is 20.1 Å². The van der Waals surface area contributed by atoms with Gasteiger partial charge in [0.15, 0.2) is 0 Å². The summed E-state index contributed by atoms with van der Waals surface area (Å²) in [4.78, 5) is 39.2. The van der Waals surface area contributed by atoms with Gasteiger partial charge in [0.05, 0.1) is 5.92 Å². The van der Waals surface area contributed by atoms with Gasteiger partial charge in [-0.3, -0.25) is 9.59 Å². The van der Waals surface area contributed by atoms with Crippen LogP contribution in [0, 0.1) is 5.92 Å². The second-order valence-electron chi connectivity index (χ2n) is 9.34. The number of ether oxygens (including phenoxy) is 1. The molecule has 3 atom stereocenters. The van der Waals surface area contributed by atoms with Crippen molar-refractivity contribution in [3.8, 4) is 11.1 Å². The number of hydrogen-bond acceptors (Lipinski definition) is 4. The minimum atomic E-state index is -0.901. The summed E-state index contributed by atoms with van der Waals surface area (Å²) < 4.78 is 5.63. The number of carboxylic acids is 1. The number of benzene rings is 2. The van der Waals surface area contributed by atoms with Crippen LogP contribution in [-0.4, -0.2) is 53.2 Å². The Kier molecular flexibility index (Phi) is 7.54. The van der Waals surface area contributed by atoms with E-state index in [0.29, 0.717) is 25.7 Å². The highest BCUT2D eigenvalue weighted by atomic mass is 16.5. The summed E-state index contributed by atoms with van der Waals surface area (Å²) in [6.45, 7) is 5.93. The van der Waals surface area contributed by atoms with Crippen LogP contribution in [-0.2, 0) is 14.3 Å². The van der Waals surface area contributed by atoms with Gasteiger partial charge in [-0.15, -0.1) is 6.58 Å². The highest BCUT2D eigenvalue weighted by Crippen LogP contribution is 2.44. The number of carboxylic acid groups (broad SMARTS) is 1. The third-order valence-corrected chi connectivity index (χ3v) is 7.11. The van der Waals surface area contributed by atoms with E-state index in [0.717, 1.165) is 22.3 Å². The molecule has 1 heterocycles. The fourth-order valence-electron chi connectivity index (χ4n) is 5.14. The van der Waals surface area contributed by atoms with E-state index in [1.165, 1.54) is 0 Å². The molecule has 1 aliphatic carbocycles. The fraction of sp³-hybridized carbons (Fsp3) is 0.393. The van der Waals surface area contributed by atoms with Crippen molar-refractivity contribution in [1.82, 2.24) is 10.2 Å². The summed E-state index contributed by atoms with van der Waals surface area (Å²) in [7, 11) is 0. The number of carbonyl (C=O) groups is 3. The van der Waals surface area contributed by atoms with Crippen molar-refractivity contribution in [2.45, 2.75) is 50.6 Å². The Bertz CT molecular complexity index is 1070. The number of likely N-dealkylation sites (tertiary alicyclic amines) is 1. The average Bonchev–Trinajstić information content (AvgIpc) is 3.18. The van der Waals surface area contributed by atoms with Crippen LogP contribution in [0.5, 0.6) is 0 Å². The number of aliphatic carboxylic acids is 1. The molecule has 0 aromatic heterocycles. The highest BCUT2D eigenvalue weighted by Gasteiger charge is 2.36. The van der Waals surface area contributed by atoms with E-state index < -0.39 is 24.0 Å². The van der Waals surface area contributed by atoms with Crippen molar-refractivity contribution in [1.29, 1.82) is 0 Å². The smallest absolute Gasteiger partial charge is 0.407 e. The molecule has 1 aliphatic heterocycles. The van der Waals surface area contributed by atoms with Gasteiger partial charge in [-0.05, 0) is 54.9 Å². The number of alkyl carbamates (subject to hydrolysis) is 1. The topological polar surface area (TPSA) is 95.9 Å². The van der Waals surface area contributed by atoms with Crippen molar-refractivity contribution < 1.29 is 24.2 Å². The Labute approximate surface area is 205 Å². The standard InChI is InChI=1S/C28H32N2O5/c1-3-4-13-25(26(31)30-16-19(27(32)33)15-14-18(30)2)29-28(34)35-17-24-22-11-7-5-9-20(22)21-10-6-8-12-23(21)24/h3,5-12,18-19,24-25H,1,4,13-17H2,2H3,(H,29,34)(H,32,33). The number of amides is 2. The summed E-state index contributed by atoms with van der Waals surface area (Å²) >= 11 is 0. The Morgan fingerprint density at radius 2 is 1.74 bits per heavy atom. The molecule has 0 bridgehead atoms. The minimum Gasteiger partial charge on any atom is -0.481 e. The molecule has 7 heteroatoms. The number of nitrogens with zero attached hydrogens (tertiary/aromatic N) is 1. The lowest BCUT2D eigenvalue weighted by atomic mass is 9.92. The van der Waals surface area contributed by atoms with Crippen LogP contribution in [0.25, 0.3) is 11.1 Å². The SMILES string of the molecule is C=CCCC(NC(=O)OCC1c2ccccc2-c2ccccc21)C(=O)N1CC(C(=O)O)CCC1C. The number of nitrogens with one attached hydrogen (secondary N) is 1. The molecule has 2 amide bonds. The zero-order valence-corrected chi connectivity index (χ0v) is 20.0. The molecule has 4 rings (SSSR count). The molecule has 35 heavy (non-hydrogen) atoms. The summed E-state index contributed by atoms with van der Waals surface area (Å²) in [5, 5.41) is 12.2. The van der Waals surface area contributed by atoms with Crippen LogP contribution >= 0.6 is 0 Å². The molecular weight excluding hydrogens is 444 g/mol. The van der Waals surface area contributed by atoms with Crippen molar-refractivity contribution in [3.05, 3.63) is 72.3 Å². The van der Waals surface area contributed by atoms with Crippen LogP contribution in [0.1, 0.15) is 49.7 Å². The summed E-state index contributed by atoms with van der Waals surface area (Å²) in [5.74, 6) is -1.85. The molecule has 3 unspecified atom stereocenters. The van der Waals surface area contributed by atoms with Gasteiger partial charge in [0.1, 0.15) is 12.6 Å². The van der Waals surface area contributed by atoms with E-state index in [1.807, 2.05) is 43.3 Å². The number of fused-ring (bicyclic) bond motifs is 3. The number of hydrogen-bond donors (Lipinski definition) is 2. The molecule has 0 saturated carbocycles. The maximum Gasteiger partial charge on any atom is 0.407 e. The highest BCUT2D eigenvalue weighted by molar-refractivity contribution is 5.86. The predicted octanol–water partition coefficient (Wildman–Crippen LogP) is 4.57. The van der Waals surface area contributed by atoms with Gasteiger partial charge in [0.2, 0.25) is 5.91 Å². The van der Waals surface area contributed by atoms with Gasteiger partial charge >= 0.3 is 12.1 Å². The largest absolute Gasteiger partial charge is 0.481 e. The van der Waals surface area contributed by atoms with E-state index in [2.05, 4.69) is 24.0 Å². The van der Waals surface area contributed by atoms with E-state index in [4.69, 9.17) is 4.74 Å². The number of carbonyl (C=O) groups excluding carboxylic acids is 2. The first-order valence-electron chi connectivity index (χ1n) is 12.2. The van der Waals surface area contributed by atoms with Crippen LogP contribution in [0.2, 0.25) is 0 Å². The Balaban J connectivity index is 1.43.